The smallest absolute Gasteiger partial charge is 0.271 e. The van der Waals surface area contributed by atoms with E-state index in [-0.39, 0.29) is 5.91 Å². The summed E-state index contributed by atoms with van der Waals surface area (Å²) < 4.78 is 5.13. The normalized spacial score (nSPS) is 10.8. The summed E-state index contributed by atoms with van der Waals surface area (Å²) in [5.74, 6) is 0.485. The second-order valence-electron chi connectivity index (χ2n) is 5.59. The molecule has 3 aromatic rings. The number of aryl methyl sites for hydroxylation is 1. The number of amides is 1. The largest absolute Gasteiger partial charge is 0.497 e. The minimum atomic E-state index is -0.288. The first-order valence-electron chi connectivity index (χ1n) is 8.02. The maximum Gasteiger partial charge on any atom is 0.271 e. The molecule has 0 unspecified atom stereocenters. The Morgan fingerprint density at radius 1 is 1.19 bits per heavy atom. The van der Waals surface area contributed by atoms with E-state index in [1.807, 2.05) is 43.3 Å². The summed E-state index contributed by atoms with van der Waals surface area (Å²) in [6.45, 7) is 1.96. The van der Waals surface area contributed by atoms with Crippen molar-refractivity contribution in [2.75, 3.05) is 12.4 Å². The number of halogens is 1. The van der Waals surface area contributed by atoms with E-state index in [1.165, 1.54) is 17.6 Å². The van der Waals surface area contributed by atoms with E-state index in [0.717, 1.165) is 17.0 Å². The van der Waals surface area contributed by atoms with Gasteiger partial charge in [-0.25, -0.2) is 10.4 Å². The molecule has 1 amide bonds. The molecule has 1 aromatic heterocycles. The Labute approximate surface area is 165 Å². The molecule has 0 fully saturated rings. The van der Waals surface area contributed by atoms with E-state index in [9.17, 15) is 4.79 Å². The van der Waals surface area contributed by atoms with Crippen LogP contribution in [0, 0.1) is 6.92 Å². The molecule has 27 heavy (non-hydrogen) atoms. The zero-order valence-electron chi connectivity index (χ0n) is 14.7. The Balaban J connectivity index is 1.62. The maximum atomic E-state index is 12.0. The lowest BCUT2D eigenvalue weighted by atomic mass is 10.1. The lowest BCUT2D eigenvalue weighted by Gasteiger charge is -2.03. The first kappa shape index (κ1) is 18.9. The molecule has 8 heteroatoms. The highest BCUT2D eigenvalue weighted by Crippen LogP contribution is 2.28. The lowest BCUT2D eigenvalue weighted by Crippen LogP contribution is -2.17. The van der Waals surface area contributed by atoms with Gasteiger partial charge in [-0.15, -0.1) is 0 Å². The zero-order valence-corrected chi connectivity index (χ0v) is 16.3. The van der Waals surface area contributed by atoms with Crippen LogP contribution >= 0.6 is 22.9 Å². The molecule has 1 heterocycles. The van der Waals surface area contributed by atoms with Crippen LogP contribution in [0.1, 0.15) is 20.8 Å². The maximum absolute atomic E-state index is 12.0. The molecule has 0 aliphatic heterocycles. The molecule has 138 valence electrons. The molecule has 0 bridgehead atoms. The molecule has 0 aliphatic carbocycles. The SMILES string of the molecule is COc1ccc(Nc2nc(Cl)c(/C=N/NC(=O)c3ccc(C)cc3)s2)cc1. The monoisotopic (exact) mass is 400 g/mol. The van der Waals surface area contributed by atoms with Crippen molar-refractivity contribution in [1.82, 2.24) is 10.4 Å². The molecule has 6 nitrogen and oxygen atoms in total. The average molecular weight is 401 g/mol. The molecule has 2 N–H and O–H groups in total. The highest BCUT2D eigenvalue weighted by molar-refractivity contribution is 7.17. The van der Waals surface area contributed by atoms with Gasteiger partial charge in [0.05, 0.1) is 18.2 Å². The summed E-state index contributed by atoms with van der Waals surface area (Å²) in [7, 11) is 1.62. The number of methoxy groups -OCH3 is 1. The Morgan fingerprint density at radius 2 is 1.89 bits per heavy atom. The third-order valence-corrected chi connectivity index (χ3v) is 4.92. The van der Waals surface area contributed by atoms with Gasteiger partial charge < -0.3 is 10.1 Å². The fraction of sp³-hybridized carbons (Fsp3) is 0.105. The Bertz CT molecular complexity index is 953. The van der Waals surface area contributed by atoms with Gasteiger partial charge in [0, 0.05) is 11.3 Å². The number of aromatic nitrogens is 1. The topological polar surface area (TPSA) is 75.6 Å². The van der Waals surface area contributed by atoms with Crippen LogP contribution in [0.15, 0.2) is 53.6 Å². The number of hydrogen-bond acceptors (Lipinski definition) is 6. The summed E-state index contributed by atoms with van der Waals surface area (Å²) in [6, 6.07) is 14.7. The van der Waals surface area contributed by atoms with Crippen molar-refractivity contribution in [3.63, 3.8) is 0 Å². The number of ether oxygens (including phenoxy) is 1. The quantitative estimate of drug-likeness (QED) is 0.467. The van der Waals surface area contributed by atoms with Crippen LogP contribution in [0.2, 0.25) is 5.15 Å². The van der Waals surface area contributed by atoms with Crippen LogP contribution in [0.4, 0.5) is 10.8 Å². The number of hydrazone groups is 1. The van der Waals surface area contributed by atoms with Gasteiger partial charge in [-0.05, 0) is 43.3 Å². The molecule has 3 rings (SSSR count). The van der Waals surface area contributed by atoms with E-state index in [4.69, 9.17) is 16.3 Å². The van der Waals surface area contributed by atoms with Crippen molar-refractivity contribution in [1.29, 1.82) is 0 Å². The van der Waals surface area contributed by atoms with Gasteiger partial charge in [-0.3, -0.25) is 4.79 Å². The first-order chi connectivity index (χ1) is 13.0. The number of nitrogens with zero attached hydrogens (tertiary/aromatic N) is 2. The number of anilines is 2. The Kier molecular flexibility index (Phi) is 6.05. The van der Waals surface area contributed by atoms with Crippen LogP contribution in [-0.2, 0) is 0 Å². The summed E-state index contributed by atoms with van der Waals surface area (Å²) in [5, 5.41) is 8.06. The third-order valence-electron chi connectivity index (χ3n) is 3.61. The Hall–Kier alpha value is -2.90. The first-order valence-corrected chi connectivity index (χ1v) is 9.22. The lowest BCUT2D eigenvalue weighted by molar-refractivity contribution is 0.0955. The van der Waals surface area contributed by atoms with Crippen LogP contribution in [0.25, 0.3) is 0 Å². The predicted molar refractivity (Wildman–Crippen MR) is 110 cm³/mol. The van der Waals surface area contributed by atoms with Crippen molar-refractivity contribution in [3.05, 3.63) is 69.7 Å². The fourth-order valence-corrected chi connectivity index (χ4v) is 3.21. The van der Waals surface area contributed by atoms with Gasteiger partial charge >= 0.3 is 0 Å². The van der Waals surface area contributed by atoms with E-state index in [2.05, 4.69) is 20.8 Å². The summed E-state index contributed by atoms with van der Waals surface area (Å²) in [4.78, 5) is 16.9. The van der Waals surface area contributed by atoms with Gasteiger partial charge in [0.25, 0.3) is 5.91 Å². The van der Waals surface area contributed by atoms with Gasteiger partial charge in [-0.2, -0.15) is 5.10 Å². The van der Waals surface area contributed by atoms with Gasteiger partial charge in [0.2, 0.25) is 0 Å². The molecule has 2 aromatic carbocycles. The second-order valence-corrected chi connectivity index (χ2v) is 6.98. The number of carbonyl (C=O) groups excluding carboxylic acids is 1. The number of thiazole rings is 1. The summed E-state index contributed by atoms with van der Waals surface area (Å²) in [6.07, 6.45) is 1.48. The molecular formula is C19H17ClN4O2S. The second kappa shape index (κ2) is 8.66. The molecule has 0 atom stereocenters. The van der Waals surface area contributed by atoms with Crippen molar-refractivity contribution < 1.29 is 9.53 Å². The standard InChI is InChI=1S/C19H17ClN4O2S/c1-12-3-5-13(6-4-12)18(25)24-21-11-16-17(20)23-19(27-16)22-14-7-9-15(26-2)10-8-14/h3-11H,1-2H3,(H,22,23)(H,24,25)/b21-11+. The average Bonchev–Trinajstić information content (AvgIpc) is 3.02. The van der Waals surface area contributed by atoms with Crippen molar-refractivity contribution >= 4 is 45.9 Å². The molecule has 0 spiro atoms. The molecule has 0 aliphatic rings. The minimum Gasteiger partial charge on any atom is -0.497 e. The number of carbonyl (C=O) groups is 1. The fourth-order valence-electron chi connectivity index (χ4n) is 2.16. The highest BCUT2D eigenvalue weighted by Gasteiger charge is 2.09. The molecule has 0 radical (unpaired) electrons. The van der Waals surface area contributed by atoms with Gasteiger partial charge in [0.1, 0.15) is 5.75 Å². The van der Waals surface area contributed by atoms with E-state index < -0.39 is 0 Å². The molecule has 0 saturated heterocycles. The minimum absolute atomic E-state index is 0.288. The predicted octanol–water partition coefficient (Wildman–Crippen LogP) is 4.62. The van der Waals surface area contributed by atoms with E-state index in [0.29, 0.717) is 20.7 Å². The van der Waals surface area contributed by atoms with Gasteiger partial charge in [-0.1, -0.05) is 40.6 Å². The summed E-state index contributed by atoms with van der Waals surface area (Å²) in [5.41, 5.74) is 4.96. The Morgan fingerprint density at radius 3 is 2.56 bits per heavy atom. The number of hydrogen-bond donors (Lipinski definition) is 2. The zero-order chi connectivity index (χ0) is 19.2. The number of nitrogens with one attached hydrogen (secondary N) is 2. The van der Waals surface area contributed by atoms with Crippen LogP contribution in [0.5, 0.6) is 5.75 Å². The highest BCUT2D eigenvalue weighted by atomic mass is 35.5. The van der Waals surface area contributed by atoms with E-state index >= 15 is 0 Å². The third kappa shape index (κ3) is 5.06. The van der Waals surface area contributed by atoms with E-state index in [1.54, 1.807) is 19.2 Å². The van der Waals surface area contributed by atoms with Gasteiger partial charge in [0.15, 0.2) is 10.3 Å². The van der Waals surface area contributed by atoms with Crippen LogP contribution < -0.4 is 15.5 Å². The van der Waals surface area contributed by atoms with Crippen molar-refractivity contribution in [2.24, 2.45) is 5.10 Å². The summed E-state index contributed by atoms with van der Waals surface area (Å²) >= 11 is 7.47. The number of benzene rings is 2. The molecule has 0 saturated carbocycles. The number of rotatable bonds is 6. The van der Waals surface area contributed by atoms with Crippen LogP contribution in [-0.4, -0.2) is 24.2 Å². The van der Waals surface area contributed by atoms with Crippen LogP contribution in [0.3, 0.4) is 0 Å². The molecular weight excluding hydrogens is 384 g/mol. The van der Waals surface area contributed by atoms with Crippen molar-refractivity contribution in [2.45, 2.75) is 6.92 Å². The van der Waals surface area contributed by atoms with Crippen molar-refractivity contribution in [3.8, 4) is 5.75 Å².